The first-order valence-corrected chi connectivity index (χ1v) is 5.49. The van der Waals surface area contributed by atoms with Crippen LogP contribution in [0.2, 0.25) is 0 Å². The maximum absolute atomic E-state index is 3.94. The Morgan fingerprint density at radius 2 is 1.50 bits per heavy atom. The third kappa shape index (κ3) is 11.0. The summed E-state index contributed by atoms with van der Waals surface area (Å²) in [7, 11) is 3.76. The molecule has 1 heterocycles. The second-order valence-corrected chi connectivity index (χ2v) is 1.65. The van der Waals surface area contributed by atoms with Gasteiger partial charge in [0.15, 0.2) is 0 Å². The van der Waals surface area contributed by atoms with E-state index in [1.54, 1.807) is 10.9 Å². The van der Waals surface area contributed by atoms with Gasteiger partial charge in [-0.2, -0.15) is 5.10 Å². The van der Waals surface area contributed by atoms with Crippen LogP contribution in [0.3, 0.4) is 0 Å². The Kier molecular flexibility index (Phi) is 24.0. The molecule has 0 saturated carbocycles. The van der Waals surface area contributed by atoms with Crippen molar-refractivity contribution in [2.75, 3.05) is 12.4 Å². The number of hydrogen-bond donors (Lipinski definition) is 1. The number of nitrogens with one attached hydrogen (secondary N) is 1. The van der Waals surface area contributed by atoms with E-state index in [0.29, 0.717) is 0 Å². The highest BCUT2D eigenvalue weighted by Crippen LogP contribution is 1.99. The lowest BCUT2D eigenvalue weighted by molar-refractivity contribution is 0.768. The van der Waals surface area contributed by atoms with Crippen molar-refractivity contribution in [3.8, 4) is 0 Å². The van der Waals surface area contributed by atoms with E-state index < -0.39 is 0 Å². The molecule has 1 N–H and O–H groups in total. The van der Waals surface area contributed by atoms with Crippen molar-refractivity contribution < 1.29 is 0 Å². The first-order chi connectivity index (χ1) is 6.83. The quantitative estimate of drug-likeness (QED) is 0.753. The van der Waals surface area contributed by atoms with Crippen LogP contribution in [-0.2, 0) is 7.05 Å². The normalized spacial score (nSPS) is 6.57. The van der Waals surface area contributed by atoms with Gasteiger partial charge in [0.05, 0.1) is 11.9 Å². The van der Waals surface area contributed by atoms with Crippen molar-refractivity contribution in [1.29, 1.82) is 0 Å². The zero-order chi connectivity index (χ0) is 12.0. The number of aryl methyl sites for hydroxylation is 1. The van der Waals surface area contributed by atoms with Crippen LogP contribution in [0.25, 0.3) is 0 Å². The fourth-order valence-electron chi connectivity index (χ4n) is 0.550. The van der Waals surface area contributed by atoms with Crippen LogP contribution < -0.4 is 5.32 Å². The summed E-state index contributed by atoms with van der Waals surface area (Å²) in [6, 6.07) is 0. The van der Waals surface area contributed by atoms with Gasteiger partial charge in [-0.15, -0.1) is 0 Å². The molecule has 1 aromatic rings. The molecule has 3 nitrogen and oxygen atoms in total. The zero-order valence-electron chi connectivity index (χ0n) is 11.0. The van der Waals surface area contributed by atoms with Crippen LogP contribution in [0.15, 0.2) is 12.4 Å². The molecule has 0 amide bonds. The maximum atomic E-state index is 3.94. The largest absolute Gasteiger partial charge is 0.386 e. The Morgan fingerprint density at radius 1 is 1.07 bits per heavy atom. The molecule has 0 fully saturated rings. The van der Waals surface area contributed by atoms with E-state index in [4.69, 9.17) is 0 Å². The summed E-state index contributed by atoms with van der Waals surface area (Å²) in [6.45, 7) is 12.0. The summed E-state index contributed by atoms with van der Waals surface area (Å²) < 4.78 is 1.76. The van der Waals surface area contributed by atoms with Crippen LogP contribution in [0.4, 0.5) is 5.69 Å². The van der Waals surface area contributed by atoms with Crippen molar-refractivity contribution in [1.82, 2.24) is 9.78 Å². The van der Waals surface area contributed by atoms with Gasteiger partial charge in [0.25, 0.3) is 0 Å². The van der Waals surface area contributed by atoms with Crippen LogP contribution in [0, 0.1) is 0 Å². The van der Waals surface area contributed by atoms with Gasteiger partial charge in [-0.25, -0.2) is 0 Å². The number of rotatable bonds is 1. The Bertz CT molecular complexity index is 171. The van der Waals surface area contributed by atoms with E-state index in [9.17, 15) is 0 Å². The van der Waals surface area contributed by atoms with E-state index in [-0.39, 0.29) is 0 Å². The Hall–Kier alpha value is -0.990. The molecule has 0 aliphatic carbocycles. The molecule has 0 aromatic carbocycles. The molecule has 0 atom stereocenters. The van der Waals surface area contributed by atoms with Gasteiger partial charge in [0.1, 0.15) is 0 Å². The van der Waals surface area contributed by atoms with E-state index in [0.717, 1.165) is 5.69 Å². The fourth-order valence-corrected chi connectivity index (χ4v) is 0.550. The van der Waals surface area contributed by atoms with Crippen molar-refractivity contribution in [2.24, 2.45) is 7.05 Å². The lowest BCUT2D eigenvalue weighted by Crippen LogP contribution is -1.85. The Labute approximate surface area is 89.5 Å². The molecule has 14 heavy (non-hydrogen) atoms. The van der Waals surface area contributed by atoms with E-state index >= 15 is 0 Å². The van der Waals surface area contributed by atoms with Crippen molar-refractivity contribution in [3.05, 3.63) is 12.4 Å². The average Bonchev–Trinajstić information content (AvgIpc) is 2.73. The van der Waals surface area contributed by atoms with Crippen LogP contribution in [0.5, 0.6) is 0 Å². The summed E-state index contributed by atoms with van der Waals surface area (Å²) in [5.41, 5.74) is 1.05. The lowest BCUT2D eigenvalue weighted by Gasteiger charge is -1.86. The maximum Gasteiger partial charge on any atom is 0.0723 e. The minimum Gasteiger partial charge on any atom is -0.386 e. The molecule has 1 rings (SSSR count). The summed E-state index contributed by atoms with van der Waals surface area (Å²) in [4.78, 5) is 0. The van der Waals surface area contributed by atoms with Crippen molar-refractivity contribution in [2.45, 2.75) is 41.5 Å². The molecular formula is C11H27N3. The molecule has 0 unspecified atom stereocenters. The van der Waals surface area contributed by atoms with E-state index in [1.807, 2.05) is 61.8 Å². The molecule has 0 spiro atoms. The predicted octanol–water partition coefficient (Wildman–Crippen LogP) is 3.54. The molecule has 0 bridgehead atoms. The first-order valence-electron chi connectivity index (χ1n) is 5.49. The average molecular weight is 201 g/mol. The van der Waals surface area contributed by atoms with Crippen LogP contribution in [0.1, 0.15) is 41.5 Å². The lowest BCUT2D eigenvalue weighted by atomic mass is 10.6. The molecule has 0 aliphatic rings. The minimum atomic E-state index is 1.05. The number of nitrogens with zero attached hydrogens (tertiary/aromatic N) is 2. The zero-order valence-corrected chi connectivity index (χ0v) is 11.0. The van der Waals surface area contributed by atoms with Gasteiger partial charge < -0.3 is 5.32 Å². The second-order valence-electron chi connectivity index (χ2n) is 1.65. The van der Waals surface area contributed by atoms with Gasteiger partial charge in [-0.1, -0.05) is 41.5 Å². The molecule has 3 heteroatoms. The predicted molar refractivity (Wildman–Crippen MR) is 66.8 cm³/mol. The standard InChI is InChI=1S/C5H9N3.3C2H6/c1-6-5-3-7-8(2)4-5;3*1-2/h3-4,6H,1-2H3;3*1-2H3. The van der Waals surface area contributed by atoms with Crippen LogP contribution >= 0.6 is 0 Å². The summed E-state index contributed by atoms with van der Waals surface area (Å²) in [5, 5.41) is 6.91. The topological polar surface area (TPSA) is 29.9 Å². The van der Waals surface area contributed by atoms with Crippen LogP contribution in [-0.4, -0.2) is 16.8 Å². The van der Waals surface area contributed by atoms with Gasteiger partial charge in [-0.3, -0.25) is 4.68 Å². The SMILES string of the molecule is CC.CC.CC.CNc1cnn(C)c1. The molecule has 0 saturated heterocycles. The summed E-state index contributed by atoms with van der Waals surface area (Å²) in [6.07, 6.45) is 3.69. The third-order valence-electron chi connectivity index (χ3n) is 0.994. The second kappa shape index (κ2) is 17.9. The minimum absolute atomic E-state index is 1.05. The monoisotopic (exact) mass is 201 g/mol. The highest BCUT2D eigenvalue weighted by molar-refractivity contribution is 5.36. The van der Waals surface area contributed by atoms with Gasteiger partial charge in [0.2, 0.25) is 0 Å². The number of aromatic nitrogens is 2. The summed E-state index contributed by atoms with van der Waals surface area (Å²) >= 11 is 0. The first kappa shape index (κ1) is 18.7. The van der Waals surface area contributed by atoms with E-state index in [2.05, 4.69) is 10.4 Å². The van der Waals surface area contributed by atoms with Crippen molar-refractivity contribution >= 4 is 5.69 Å². The molecule has 0 radical (unpaired) electrons. The Morgan fingerprint density at radius 3 is 1.64 bits per heavy atom. The van der Waals surface area contributed by atoms with Gasteiger partial charge >= 0.3 is 0 Å². The smallest absolute Gasteiger partial charge is 0.0723 e. The third-order valence-corrected chi connectivity index (χ3v) is 0.994. The molecular weight excluding hydrogens is 174 g/mol. The van der Waals surface area contributed by atoms with Gasteiger partial charge in [0, 0.05) is 20.3 Å². The highest BCUT2D eigenvalue weighted by atomic mass is 15.2. The van der Waals surface area contributed by atoms with E-state index in [1.165, 1.54) is 0 Å². The molecule has 0 aliphatic heterocycles. The molecule has 1 aromatic heterocycles. The number of hydrogen-bond acceptors (Lipinski definition) is 2. The number of anilines is 1. The Balaban J connectivity index is -0.000000174. The van der Waals surface area contributed by atoms with Gasteiger partial charge in [-0.05, 0) is 0 Å². The van der Waals surface area contributed by atoms with Crippen molar-refractivity contribution in [3.63, 3.8) is 0 Å². The fraction of sp³-hybridized carbons (Fsp3) is 0.727. The summed E-state index contributed by atoms with van der Waals surface area (Å²) in [5.74, 6) is 0. The highest BCUT2D eigenvalue weighted by Gasteiger charge is 1.86. The molecule has 86 valence electrons.